The van der Waals surface area contributed by atoms with E-state index in [9.17, 15) is 9.59 Å². The molecule has 0 amide bonds. The highest BCUT2D eigenvalue weighted by molar-refractivity contribution is 5.71. The van der Waals surface area contributed by atoms with Gasteiger partial charge in [-0.1, -0.05) is 188 Å². The molecule has 0 rings (SSSR count). The van der Waals surface area contributed by atoms with E-state index in [-0.39, 0.29) is 31.6 Å². The van der Waals surface area contributed by atoms with Gasteiger partial charge in [0, 0.05) is 13.0 Å². The Morgan fingerprint density at radius 2 is 0.857 bits per heavy atom. The minimum Gasteiger partial charge on any atom is -0.462 e. The molecule has 0 aromatic heterocycles. The van der Waals surface area contributed by atoms with Crippen LogP contribution in [0, 0.1) is 0 Å². The van der Waals surface area contributed by atoms with Crippen molar-refractivity contribution in [2.75, 3.05) is 19.8 Å². The zero-order valence-corrected chi connectivity index (χ0v) is 36.1. The highest BCUT2D eigenvalue weighted by Crippen LogP contribution is 2.10. The molecule has 0 saturated heterocycles. The summed E-state index contributed by atoms with van der Waals surface area (Å²) in [4.78, 5) is 25.2. The van der Waals surface area contributed by atoms with E-state index < -0.39 is 6.10 Å². The maximum atomic E-state index is 12.6. The van der Waals surface area contributed by atoms with Gasteiger partial charge >= 0.3 is 11.9 Å². The lowest BCUT2D eigenvalue weighted by atomic mass is 10.1. The molecule has 0 heterocycles. The van der Waals surface area contributed by atoms with Crippen LogP contribution >= 0.6 is 0 Å². The van der Waals surface area contributed by atoms with E-state index >= 15 is 0 Å². The second-order valence-electron chi connectivity index (χ2n) is 14.2. The Hall–Kier alpha value is -3.44. The Morgan fingerprint density at radius 3 is 1.38 bits per heavy atom. The number of ether oxygens (including phenoxy) is 3. The van der Waals surface area contributed by atoms with Gasteiger partial charge in [-0.2, -0.15) is 0 Å². The van der Waals surface area contributed by atoms with Crippen molar-refractivity contribution in [2.45, 2.75) is 181 Å². The summed E-state index contributed by atoms with van der Waals surface area (Å²) >= 11 is 0. The van der Waals surface area contributed by atoms with Crippen LogP contribution in [0.3, 0.4) is 0 Å². The van der Waals surface area contributed by atoms with Gasteiger partial charge in [-0.25, -0.2) is 0 Å². The van der Waals surface area contributed by atoms with Gasteiger partial charge in [0.05, 0.1) is 13.0 Å². The van der Waals surface area contributed by atoms with E-state index in [1.165, 1.54) is 38.5 Å². The molecule has 0 spiro atoms. The number of carbonyl (C=O) groups excluding carboxylic acids is 2. The van der Waals surface area contributed by atoms with E-state index in [4.69, 9.17) is 14.2 Å². The number of esters is 2. The second kappa shape index (κ2) is 45.9. The van der Waals surface area contributed by atoms with Gasteiger partial charge in [0.15, 0.2) is 6.10 Å². The maximum absolute atomic E-state index is 12.6. The molecule has 0 aliphatic rings. The third-order valence-corrected chi connectivity index (χ3v) is 8.84. The molecule has 1 unspecified atom stereocenters. The first kappa shape index (κ1) is 52.6. The van der Waals surface area contributed by atoms with Crippen molar-refractivity contribution < 1.29 is 23.8 Å². The first-order chi connectivity index (χ1) is 27.6. The van der Waals surface area contributed by atoms with Crippen LogP contribution in [0.5, 0.6) is 0 Å². The quantitative estimate of drug-likeness (QED) is 0.0354. The summed E-state index contributed by atoms with van der Waals surface area (Å²) in [5.41, 5.74) is 0. The van der Waals surface area contributed by atoms with Crippen molar-refractivity contribution in [3.63, 3.8) is 0 Å². The molecule has 1 atom stereocenters. The highest BCUT2D eigenvalue weighted by Gasteiger charge is 2.17. The summed E-state index contributed by atoms with van der Waals surface area (Å²) in [5.74, 6) is -0.581. The molecule has 5 heteroatoms. The van der Waals surface area contributed by atoms with Crippen LogP contribution in [0.2, 0.25) is 0 Å². The van der Waals surface area contributed by atoms with Crippen molar-refractivity contribution in [1.82, 2.24) is 0 Å². The molecule has 0 bridgehead atoms. The van der Waals surface area contributed by atoms with Crippen molar-refractivity contribution >= 4 is 11.9 Å². The monoisotopic (exact) mass is 775 g/mol. The number of rotatable bonds is 39. The Bertz CT molecular complexity index is 1150. The summed E-state index contributed by atoms with van der Waals surface area (Å²) in [7, 11) is 0. The van der Waals surface area contributed by atoms with Gasteiger partial charge in [-0.15, -0.1) is 0 Å². The van der Waals surface area contributed by atoms with E-state index in [1.807, 2.05) is 12.2 Å². The number of carbonyl (C=O) groups is 2. The molecule has 0 saturated carbocycles. The van der Waals surface area contributed by atoms with Gasteiger partial charge in [0.1, 0.15) is 6.61 Å². The summed E-state index contributed by atoms with van der Waals surface area (Å²) in [6, 6.07) is 0. The molecule has 0 aromatic carbocycles. The van der Waals surface area contributed by atoms with Crippen LogP contribution in [-0.4, -0.2) is 37.9 Å². The topological polar surface area (TPSA) is 61.8 Å². The van der Waals surface area contributed by atoms with E-state index in [0.29, 0.717) is 13.0 Å². The smallest absolute Gasteiger partial charge is 0.310 e. The average molecular weight is 775 g/mol. The van der Waals surface area contributed by atoms with Gasteiger partial charge in [0.2, 0.25) is 0 Å². The van der Waals surface area contributed by atoms with Crippen molar-refractivity contribution in [1.29, 1.82) is 0 Å². The van der Waals surface area contributed by atoms with Crippen LogP contribution < -0.4 is 0 Å². The predicted molar refractivity (Wildman–Crippen MR) is 242 cm³/mol. The lowest BCUT2D eigenvalue weighted by molar-refractivity contribution is -0.162. The standard InChI is InChI=1S/C51H82O5/c1-4-7-10-13-16-19-21-23-25-26-28-29-31-33-35-38-41-44-50(52)55-48-49(47-54-46-43-40-37-18-15-12-9-6-3)56-51(53)45-42-39-36-34-32-30-27-24-22-20-17-14-11-8-5-2/h7-8,10-11,16-17,19-20,23-25,27-29,32,34,39,42,49H,4-6,9,12-15,18,21-22,26,30-31,33,35-38,40-41,43-48H2,1-3H3/b10-7-,11-8-,19-16-,20-17-,25-23-,27-24-,29-28-,34-32-,42-39-. The summed E-state index contributed by atoms with van der Waals surface area (Å²) in [6.07, 6.45) is 62.6. The van der Waals surface area contributed by atoms with E-state index in [0.717, 1.165) is 103 Å². The number of allylic oxidation sites excluding steroid dienone is 17. The van der Waals surface area contributed by atoms with E-state index in [2.05, 4.69) is 118 Å². The Kier molecular flexibility index (Phi) is 43.1. The number of unbranched alkanes of at least 4 members (excludes halogenated alkanes) is 11. The molecule has 0 aromatic rings. The van der Waals surface area contributed by atoms with Crippen molar-refractivity contribution in [2.24, 2.45) is 0 Å². The Labute approximate surface area is 344 Å². The molecule has 0 aliphatic carbocycles. The average Bonchev–Trinajstić information content (AvgIpc) is 3.20. The maximum Gasteiger partial charge on any atom is 0.310 e. The Morgan fingerprint density at radius 1 is 0.429 bits per heavy atom. The SMILES string of the molecule is CC/C=C\C/C=C\C/C=C\C/C=C\C/C=C\CC(=O)OC(COCCCCCCCCCC)COC(=O)CCCCCC/C=C\C/C=C\C/C=C\C/C=C\CC. The first-order valence-corrected chi connectivity index (χ1v) is 22.4. The normalized spacial score (nSPS) is 13.3. The fraction of sp³-hybridized carbons (Fsp3) is 0.608. The molecule has 316 valence electrons. The number of hydrogen-bond acceptors (Lipinski definition) is 5. The van der Waals surface area contributed by atoms with Crippen LogP contribution in [0.1, 0.15) is 175 Å². The van der Waals surface area contributed by atoms with Crippen LogP contribution in [0.4, 0.5) is 0 Å². The van der Waals surface area contributed by atoms with Gasteiger partial charge in [0.25, 0.3) is 0 Å². The minimum absolute atomic E-state index is 0.0273. The summed E-state index contributed by atoms with van der Waals surface area (Å²) in [5, 5.41) is 0. The zero-order valence-electron chi connectivity index (χ0n) is 36.1. The highest BCUT2D eigenvalue weighted by atomic mass is 16.6. The Balaban J connectivity index is 4.40. The van der Waals surface area contributed by atoms with Gasteiger partial charge in [-0.05, 0) is 83.5 Å². The van der Waals surface area contributed by atoms with Crippen molar-refractivity contribution in [3.05, 3.63) is 109 Å². The van der Waals surface area contributed by atoms with Crippen LogP contribution in [0.15, 0.2) is 109 Å². The predicted octanol–water partition coefficient (Wildman–Crippen LogP) is 14.9. The van der Waals surface area contributed by atoms with Crippen molar-refractivity contribution in [3.8, 4) is 0 Å². The summed E-state index contributed by atoms with van der Waals surface area (Å²) < 4.78 is 17.1. The molecule has 5 nitrogen and oxygen atoms in total. The molecular weight excluding hydrogens is 693 g/mol. The lowest BCUT2D eigenvalue weighted by Gasteiger charge is -2.18. The fourth-order valence-corrected chi connectivity index (χ4v) is 5.57. The third-order valence-electron chi connectivity index (χ3n) is 8.84. The van der Waals surface area contributed by atoms with Crippen LogP contribution in [0.25, 0.3) is 0 Å². The largest absolute Gasteiger partial charge is 0.462 e. The second-order valence-corrected chi connectivity index (χ2v) is 14.2. The van der Waals surface area contributed by atoms with Gasteiger partial charge in [-0.3, -0.25) is 9.59 Å². The molecule has 0 N–H and O–H groups in total. The molecule has 56 heavy (non-hydrogen) atoms. The minimum atomic E-state index is -0.603. The summed E-state index contributed by atoms with van der Waals surface area (Å²) in [6.45, 7) is 7.42. The molecule has 0 aliphatic heterocycles. The fourth-order valence-electron chi connectivity index (χ4n) is 5.57. The van der Waals surface area contributed by atoms with Crippen LogP contribution in [-0.2, 0) is 23.8 Å². The molecule has 0 radical (unpaired) electrons. The van der Waals surface area contributed by atoms with Gasteiger partial charge < -0.3 is 14.2 Å². The third kappa shape index (κ3) is 43.3. The molecular formula is C51H82O5. The zero-order chi connectivity index (χ0) is 40.7. The first-order valence-electron chi connectivity index (χ1n) is 22.4. The number of hydrogen-bond donors (Lipinski definition) is 0. The molecule has 0 fully saturated rings. The lowest BCUT2D eigenvalue weighted by Crippen LogP contribution is -2.29. The van der Waals surface area contributed by atoms with E-state index in [1.54, 1.807) is 0 Å².